The molecule has 0 spiro atoms. The van der Waals surface area contributed by atoms with Crippen LogP contribution in [0.3, 0.4) is 0 Å². The van der Waals surface area contributed by atoms with Crippen molar-refractivity contribution in [1.82, 2.24) is 15.0 Å². The Morgan fingerprint density at radius 2 is 2.06 bits per heavy atom. The van der Waals surface area contributed by atoms with Crippen LogP contribution in [0.1, 0.15) is 47.8 Å². The smallest absolute Gasteiger partial charge is 0.264 e. The number of aromatic nitrogens is 2. The van der Waals surface area contributed by atoms with Crippen molar-refractivity contribution >= 4 is 39.3 Å². The van der Waals surface area contributed by atoms with E-state index < -0.39 is 5.82 Å². The summed E-state index contributed by atoms with van der Waals surface area (Å²) in [5.41, 5.74) is 1.40. The van der Waals surface area contributed by atoms with Crippen molar-refractivity contribution in [2.24, 2.45) is 5.92 Å². The van der Waals surface area contributed by atoms with Crippen molar-refractivity contribution in [3.05, 3.63) is 75.0 Å². The Morgan fingerprint density at radius 3 is 2.88 bits per heavy atom. The van der Waals surface area contributed by atoms with Gasteiger partial charge in [-0.1, -0.05) is 35.3 Å². The number of pyridine rings is 1. The van der Waals surface area contributed by atoms with Gasteiger partial charge in [0.1, 0.15) is 22.5 Å². The number of hydrogen-bond donors (Lipinski definition) is 1. The fourth-order valence-corrected chi connectivity index (χ4v) is 5.25. The first-order chi connectivity index (χ1) is 15.9. The minimum atomic E-state index is -0.440. The molecule has 1 fully saturated rings. The zero-order valence-electron chi connectivity index (χ0n) is 18.1. The minimum absolute atomic E-state index is 0.0398. The lowest BCUT2D eigenvalue weighted by Crippen LogP contribution is -2.34. The largest absolute Gasteiger partial charge is 0.360 e. The molecule has 1 aliphatic carbocycles. The zero-order valence-corrected chi connectivity index (χ0v) is 18.9. The Hall–Kier alpha value is -3.19. The highest BCUT2D eigenvalue weighted by Crippen LogP contribution is 2.36. The topological polar surface area (TPSA) is 77.1 Å². The third-order valence-electron chi connectivity index (χ3n) is 6.54. The number of halogens is 2. The van der Waals surface area contributed by atoms with Crippen molar-refractivity contribution < 1.29 is 13.7 Å². The predicted molar refractivity (Wildman–Crippen MR) is 125 cm³/mol. The van der Waals surface area contributed by atoms with Gasteiger partial charge in [0.15, 0.2) is 0 Å². The normalized spacial score (nSPS) is 18.6. The van der Waals surface area contributed by atoms with Gasteiger partial charge in [-0.3, -0.25) is 9.59 Å². The van der Waals surface area contributed by atoms with Crippen molar-refractivity contribution in [2.75, 3.05) is 6.54 Å². The lowest BCUT2D eigenvalue weighted by molar-refractivity contribution is 0.0940. The Balaban J connectivity index is 1.45. The fourth-order valence-electron chi connectivity index (χ4n) is 4.99. The molecule has 8 heteroatoms. The molecule has 0 aliphatic heterocycles. The lowest BCUT2D eigenvalue weighted by atomic mass is 9.85. The number of carbonyl (C=O) groups is 1. The van der Waals surface area contributed by atoms with E-state index in [1.165, 1.54) is 18.2 Å². The van der Waals surface area contributed by atoms with Crippen LogP contribution in [0.15, 0.2) is 51.8 Å². The number of amides is 1. The molecule has 0 radical (unpaired) electrons. The number of nitrogens with one attached hydrogen (secondary N) is 1. The summed E-state index contributed by atoms with van der Waals surface area (Å²) in [5.74, 6) is -0.0702. The van der Waals surface area contributed by atoms with Gasteiger partial charge >= 0.3 is 0 Å². The minimum Gasteiger partial charge on any atom is -0.360 e. The highest BCUT2D eigenvalue weighted by atomic mass is 35.5. The first-order valence-electron chi connectivity index (χ1n) is 11.1. The number of carbonyl (C=O) groups excluding carboxylic acids is 1. The summed E-state index contributed by atoms with van der Waals surface area (Å²) >= 11 is 6.52. The van der Waals surface area contributed by atoms with E-state index >= 15 is 0 Å². The summed E-state index contributed by atoms with van der Waals surface area (Å²) in [6.07, 6.45) is 3.47. The first kappa shape index (κ1) is 21.6. The number of benzene rings is 2. The van der Waals surface area contributed by atoms with Crippen LogP contribution < -0.4 is 10.9 Å². The third-order valence-corrected chi connectivity index (χ3v) is 6.86. The van der Waals surface area contributed by atoms with E-state index in [2.05, 4.69) is 10.5 Å². The molecular formula is C25H23ClFN3O3. The molecule has 2 heterocycles. The molecule has 2 aromatic heterocycles. The lowest BCUT2D eigenvalue weighted by Gasteiger charge is -2.31. The summed E-state index contributed by atoms with van der Waals surface area (Å²) in [6.45, 7) is 2.20. The van der Waals surface area contributed by atoms with Crippen LogP contribution in [0, 0.1) is 18.7 Å². The molecule has 1 N–H and O–H groups in total. The molecule has 2 aromatic carbocycles. The van der Waals surface area contributed by atoms with Crippen molar-refractivity contribution in [1.29, 1.82) is 0 Å². The van der Waals surface area contributed by atoms with Gasteiger partial charge in [0.05, 0.1) is 10.5 Å². The SMILES string of the molecule is Cc1onc2c1c(=O)n(C1CCCC(CNC(=O)c3cccc(F)c3)C1)c1cccc(Cl)c21. The molecule has 170 valence electrons. The number of fused-ring (bicyclic) bond motifs is 3. The predicted octanol–water partition coefficient (Wildman–Crippen LogP) is 5.40. The molecule has 1 aliphatic rings. The molecule has 1 amide bonds. The zero-order chi connectivity index (χ0) is 23.1. The highest BCUT2D eigenvalue weighted by molar-refractivity contribution is 6.37. The molecule has 6 nitrogen and oxygen atoms in total. The Bertz CT molecular complexity index is 1430. The van der Waals surface area contributed by atoms with Crippen molar-refractivity contribution in [2.45, 2.75) is 38.6 Å². The van der Waals surface area contributed by atoms with Crippen LogP contribution in [0.2, 0.25) is 5.02 Å². The van der Waals surface area contributed by atoms with Gasteiger partial charge in [-0.2, -0.15) is 0 Å². The molecular weight excluding hydrogens is 445 g/mol. The van der Waals surface area contributed by atoms with E-state index in [4.69, 9.17) is 16.1 Å². The average Bonchev–Trinajstić information content (AvgIpc) is 3.19. The Morgan fingerprint density at radius 1 is 1.24 bits per heavy atom. The molecule has 1 saturated carbocycles. The maximum absolute atomic E-state index is 13.5. The van der Waals surface area contributed by atoms with Crippen LogP contribution in [0.25, 0.3) is 21.8 Å². The summed E-state index contributed by atoms with van der Waals surface area (Å²) in [6, 6.07) is 11.1. The highest BCUT2D eigenvalue weighted by Gasteiger charge is 2.28. The summed E-state index contributed by atoms with van der Waals surface area (Å²) < 4.78 is 20.6. The van der Waals surface area contributed by atoms with Gasteiger partial charge in [0.2, 0.25) is 0 Å². The van der Waals surface area contributed by atoms with Gasteiger partial charge in [-0.15, -0.1) is 0 Å². The summed E-state index contributed by atoms with van der Waals surface area (Å²) in [5, 5.41) is 8.72. The second kappa shape index (κ2) is 8.63. The van der Waals surface area contributed by atoms with E-state index in [9.17, 15) is 14.0 Å². The van der Waals surface area contributed by atoms with Gasteiger partial charge in [0.25, 0.3) is 11.5 Å². The van der Waals surface area contributed by atoms with Gasteiger partial charge in [-0.05, 0) is 62.4 Å². The molecule has 5 rings (SSSR count). The maximum atomic E-state index is 13.5. The first-order valence-corrected chi connectivity index (χ1v) is 11.4. The number of aryl methyl sites for hydroxylation is 1. The number of hydrogen-bond acceptors (Lipinski definition) is 4. The summed E-state index contributed by atoms with van der Waals surface area (Å²) in [7, 11) is 0. The average molecular weight is 468 g/mol. The molecule has 0 saturated heterocycles. The van der Waals surface area contributed by atoms with Crippen molar-refractivity contribution in [3.63, 3.8) is 0 Å². The maximum Gasteiger partial charge on any atom is 0.264 e. The molecule has 4 aromatic rings. The van der Waals surface area contributed by atoms with Crippen LogP contribution in [-0.2, 0) is 0 Å². The second-order valence-corrected chi connectivity index (χ2v) is 9.09. The van der Waals surface area contributed by atoms with Crippen LogP contribution in [0.4, 0.5) is 4.39 Å². The molecule has 2 atom stereocenters. The van der Waals surface area contributed by atoms with Gasteiger partial charge < -0.3 is 14.4 Å². The Kier molecular flexibility index (Phi) is 5.66. The molecule has 0 bridgehead atoms. The van der Waals surface area contributed by atoms with E-state index in [0.29, 0.717) is 39.2 Å². The van der Waals surface area contributed by atoms with Crippen molar-refractivity contribution in [3.8, 4) is 0 Å². The fraction of sp³-hybridized carbons (Fsp3) is 0.320. The Labute approximate surface area is 194 Å². The van der Waals surface area contributed by atoms with Gasteiger partial charge in [-0.25, -0.2) is 4.39 Å². The summed E-state index contributed by atoms with van der Waals surface area (Å²) in [4.78, 5) is 26.0. The number of rotatable bonds is 4. The standard InChI is InChI=1S/C25H23ClFN3O3/c1-14-21-23(29-33-14)22-19(26)9-4-10-20(22)30(25(21)32)18-8-2-5-15(11-18)13-28-24(31)16-6-3-7-17(27)12-16/h3-4,6-7,9-10,12,15,18H,2,5,8,11,13H2,1H3,(H,28,31). The quantitative estimate of drug-likeness (QED) is 0.435. The van der Waals surface area contributed by atoms with E-state index in [-0.39, 0.29) is 23.4 Å². The second-order valence-electron chi connectivity index (χ2n) is 8.68. The number of nitrogens with zero attached hydrogens (tertiary/aromatic N) is 2. The van der Waals surface area contributed by atoms with Gasteiger partial charge in [0, 0.05) is 23.5 Å². The van der Waals surface area contributed by atoms with E-state index in [1.807, 2.05) is 16.7 Å². The third kappa shape index (κ3) is 3.91. The van der Waals surface area contributed by atoms with E-state index in [1.54, 1.807) is 19.1 Å². The monoisotopic (exact) mass is 467 g/mol. The molecule has 2 unspecified atom stereocenters. The van der Waals surface area contributed by atoms with Crippen LogP contribution in [0.5, 0.6) is 0 Å². The van der Waals surface area contributed by atoms with E-state index in [0.717, 1.165) is 31.2 Å². The van der Waals surface area contributed by atoms with Crippen LogP contribution >= 0.6 is 11.6 Å². The molecule has 33 heavy (non-hydrogen) atoms. The van der Waals surface area contributed by atoms with Crippen LogP contribution in [-0.4, -0.2) is 22.2 Å².